The van der Waals surface area contributed by atoms with E-state index in [1.54, 1.807) is 12.1 Å². The van der Waals surface area contributed by atoms with Crippen molar-refractivity contribution in [1.29, 1.82) is 0 Å². The molecule has 1 aromatic carbocycles. The molecule has 1 N–H and O–H groups in total. The maximum atomic E-state index is 9.23. The standard InChI is InChI=1S/C8H9Cl2NO/c1-11(2)5-3-6(9)8(12)7(10)4-5/h3-4,12H,1-2H3. The third-order valence-electron chi connectivity index (χ3n) is 1.52. The van der Waals surface area contributed by atoms with Crippen LogP contribution >= 0.6 is 23.2 Å². The summed E-state index contributed by atoms with van der Waals surface area (Å²) in [5, 5.41) is 9.77. The number of hydrogen-bond acceptors (Lipinski definition) is 2. The molecule has 0 aliphatic carbocycles. The molecule has 0 saturated carbocycles. The minimum absolute atomic E-state index is 0.0658. The molecule has 0 aliphatic heterocycles. The highest BCUT2D eigenvalue weighted by atomic mass is 35.5. The Morgan fingerprint density at radius 1 is 1.17 bits per heavy atom. The Balaban J connectivity index is 3.21. The molecule has 66 valence electrons. The molecule has 0 amide bonds. The Hall–Kier alpha value is -0.600. The highest BCUT2D eigenvalue weighted by Crippen LogP contribution is 2.35. The van der Waals surface area contributed by atoms with Crippen LogP contribution in [0, 0.1) is 0 Å². The van der Waals surface area contributed by atoms with Gasteiger partial charge in [-0.25, -0.2) is 0 Å². The topological polar surface area (TPSA) is 23.5 Å². The van der Waals surface area contributed by atoms with Crippen LogP contribution in [0.1, 0.15) is 0 Å². The fourth-order valence-electron chi connectivity index (χ4n) is 0.810. The number of phenols is 1. The van der Waals surface area contributed by atoms with E-state index in [4.69, 9.17) is 23.2 Å². The molecular formula is C8H9Cl2NO. The average Bonchev–Trinajstić information content (AvgIpc) is 1.99. The summed E-state index contributed by atoms with van der Waals surface area (Å²) in [5.41, 5.74) is 0.864. The van der Waals surface area contributed by atoms with Gasteiger partial charge in [0.05, 0.1) is 10.0 Å². The van der Waals surface area contributed by atoms with Gasteiger partial charge in [-0.05, 0) is 12.1 Å². The lowest BCUT2D eigenvalue weighted by molar-refractivity contribution is 0.476. The number of aromatic hydroxyl groups is 1. The minimum atomic E-state index is -0.0658. The highest BCUT2D eigenvalue weighted by Gasteiger charge is 2.06. The van der Waals surface area contributed by atoms with E-state index in [0.29, 0.717) is 0 Å². The van der Waals surface area contributed by atoms with Gasteiger partial charge >= 0.3 is 0 Å². The van der Waals surface area contributed by atoms with Gasteiger partial charge in [0.2, 0.25) is 0 Å². The van der Waals surface area contributed by atoms with Gasteiger partial charge < -0.3 is 10.0 Å². The molecule has 0 heterocycles. The lowest BCUT2D eigenvalue weighted by atomic mass is 10.3. The van der Waals surface area contributed by atoms with Gasteiger partial charge in [0.25, 0.3) is 0 Å². The fourth-order valence-corrected chi connectivity index (χ4v) is 1.29. The number of rotatable bonds is 1. The minimum Gasteiger partial charge on any atom is -0.505 e. The van der Waals surface area contributed by atoms with Gasteiger partial charge in [-0.15, -0.1) is 0 Å². The molecule has 0 fully saturated rings. The van der Waals surface area contributed by atoms with Crippen molar-refractivity contribution in [2.45, 2.75) is 0 Å². The molecule has 0 spiro atoms. The van der Waals surface area contributed by atoms with Crippen molar-refractivity contribution < 1.29 is 5.11 Å². The normalized spacial score (nSPS) is 10.0. The van der Waals surface area contributed by atoms with Crippen LogP contribution in [0.3, 0.4) is 0 Å². The second-order valence-electron chi connectivity index (χ2n) is 2.65. The second-order valence-corrected chi connectivity index (χ2v) is 3.47. The Morgan fingerprint density at radius 3 is 1.92 bits per heavy atom. The summed E-state index contributed by atoms with van der Waals surface area (Å²) in [5.74, 6) is -0.0658. The van der Waals surface area contributed by atoms with E-state index in [1.807, 2.05) is 19.0 Å². The summed E-state index contributed by atoms with van der Waals surface area (Å²) in [6, 6.07) is 3.31. The van der Waals surface area contributed by atoms with E-state index in [0.717, 1.165) is 5.69 Å². The molecule has 2 nitrogen and oxygen atoms in total. The van der Waals surface area contributed by atoms with Gasteiger partial charge in [-0.3, -0.25) is 0 Å². The molecule has 0 aliphatic rings. The van der Waals surface area contributed by atoms with E-state index in [-0.39, 0.29) is 15.8 Å². The van der Waals surface area contributed by atoms with Gasteiger partial charge in [-0.1, -0.05) is 23.2 Å². The maximum Gasteiger partial charge on any atom is 0.152 e. The first kappa shape index (κ1) is 9.49. The van der Waals surface area contributed by atoms with Crippen LogP contribution in [-0.2, 0) is 0 Å². The van der Waals surface area contributed by atoms with E-state index in [9.17, 15) is 5.11 Å². The van der Waals surface area contributed by atoms with Crippen LogP contribution < -0.4 is 4.90 Å². The third kappa shape index (κ3) is 1.76. The average molecular weight is 206 g/mol. The summed E-state index contributed by atoms with van der Waals surface area (Å²) >= 11 is 11.4. The Kier molecular flexibility index (Phi) is 2.70. The number of phenolic OH excluding ortho intramolecular Hbond substituents is 1. The molecule has 0 radical (unpaired) electrons. The first-order valence-corrected chi connectivity index (χ1v) is 4.13. The molecule has 0 saturated heterocycles. The molecule has 12 heavy (non-hydrogen) atoms. The molecule has 0 aromatic heterocycles. The highest BCUT2D eigenvalue weighted by molar-refractivity contribution is 6.37. The van der Waals surface area contributed by atoms with Gasteiger partial charge in [0, 0.05) is 19.8 Å². The molecule has 1 rings (SSSR count). The van der Waals surface area contributed by atoms with Crippen LogP contribution in [-0.4, -0.2) is 19.2 Å². The third-order valence-corrected chi connectivity index (χ3v) is 2.09. The monoisotopic (exact) mass is 205 g/mol. The van der Waals surface area contributed by atoms with Crippen molar-refractivity contribution in [2.24, 2.45) is 0 Å². The van der Waals surface area contributed by atoms with Crippen molar-refractivity contribution >= 4 is 28.9 Å². The maximum absolute atomic E-state index is 9.23. The fraction of sp³-hybridized carbons (Fsp3) is 0.250. The predicted molar refractivity (Wildman–Crippen MR) is 52.5 cm³/mol. The predicted octanol–water partition coefficient (Wildman–Crippen LogP) is 2.77. The van der Waals surface area contributed by atoms with Gasteiger partial charge in [0.15, 0.2) is 5.75 Å². The zero-order valence-electron chi connectivity index (χ0n) is 6.81. The van der Waals surface area contributed by atoms with Crippen LogP contribution in [0.25, 0.3) is 0 Å². The second kappa shape index (κ2) is 3.42. The van der Waals surface area contributed by atoms with Gasteiger partial charge in [-0.2, -0.15) is 0 Å². The summed E-state index contributed by atoms with van der Waals surface area (Å²) in [7, 11) is 3.75. The van der Waals surface area contributed by atoms with E-state index < -0.39 is 0 Å². The molecule has 0 atom stereocenters. The summed E-state index contributed by atoms with van der Waals surface area (Å²) in [6.07, 6.45) is 0. The van der Waals surface area contributed by atoms with Crippen LogP contribution in [0.5, 0.6) is 5.75 Å². The van der Waals surface area contributed by atoms with Crippen LogP contribution in [0.2, 0.25) is 10.0 Å². The van der Waals surface area contributed by atoms with E-state index in [2.05, 4.69) is 0 Å². The largest absolute Gasteiger partial charge is 0.505 e. The summed E-state index contributed by atoms with van der Waals surface area (Å²) in [6.45, 7) is 0. The van der Waals surface area contributed by atoms with Crippen molar-refractivity contribution in [2.75, 3.05) is 19.0 Å². The lowest BCUT2D eigenvalue weighted by Crippen LogP contribution is -2.08. The Morgan fingerprint density at radius 2 is 1.58 bits per heavy atom. The number of hydrogen-bond donors (Lipinski definition) is 1. The molecular weight excluding hydrogens is 197 g/mol. The Bertz CT molecular complexity index is 276. The number of nitrogens with zero attached hydrogens (tertiary/aromatic N) is 1. The summed E-state index contributed by atoms with van der Waals surface area (Å²) in [4.78, 5) is 1.86. The first-order valence-electron chi connectivity index (χ1n) is 3.37. The molecule has 0 unspecified atom stereocenters. The van der Waals surface area contributed by atoms with Crippen molar-refractivity contribution in [3.63, 3.8) is 0 Å². The summed E-state index contributed by atoms with van der Waals surface area (Å²) < 4.78 is 0. The van der Waals surface area contributed by atoms with Crippen molar-refractivity contribution in [3.8, 4) is 5.75 Å². The zero-order valence-corrected chi connectivity index (χ0v) is 8.32. The van der Waals surface area contributed by atoms with E-state index >= 15 is 0 Å². The van der Waals surface area contributed by atoms with Crippen molar-refractivity contribution in [1.82, 2.24) is 0 Å². The first-order chi connectivity index (χ1) is 5.52. The van der Waals surface area contributed by atoms with E-state index in [1.165, 1.54) is 0 Å². The number of benzene rings is 1. The van der Waals surface area contributed by atoms with Crippen LogP contribution in [0.4, 0.5) is 5.69 Å². The Labute approximate surface area is 81.3 Å². The SMILES string of the molecule is CN(C)c1cc(Cl)c(O)c(Cl)c1. The molecule has 1 aromatic rings. The van der Waals surface area contributed by atoms with Crippen LogP contribution in [0.15, 0.2) is 12.1 Å². The zero-order chi connectivity index (χ0) is 9.30. The lowest BCUT2D eigenvalue weighted by Gasteiger charge is -2.13. The quantitative estimate of drug-likeness (QED) is 0.763. The molecule has 0 bridgehead atoms. The van der Waals surface area contributed by atoms with Crippen molar-refractivity contribution in [3.05, 3.63) is 22.2 Å². The van der Waals surface area contributed by atoms with Gasteiger partial charge in [0.1, 0.15) is 0 Å². The smallest absolute Gasteiger partial charge is 0.152 e. The number of halogens is 2. The number of anilines is 1. The molecule has 4 heteroatoms.